The number of aromatic nitrogens is 2. The minimum atomic E-state index is -1.08. The quantitative estimate of drug-likeness (QED) is 0.713. The van der Waals surface area contributed by atoms with E-state index in [1.165, 1.54) is 10.9 Å². The van der Waals surface area contributed by atoms with Gasteiger partial charge in [-0.3, -0.25) is 24.5 Å². The smallest absolute Gasteiger partial charge is 0.339 e. The molecule has 0 aromatic carbocycles. The molecule has 108 valence electrons. The molecule has 1 aromatic heterocycles. The SMILES string of the molecule is Cn1ncc(C(=O)O)c1CN1CC(=O)NC(=O)C1(C)C. The Morgan fingerprint density at radius 2 is 2.15 bits per heavy atom. The van der Waals surface area contributed by atoms with Gasteiger partial charge in [-0.1, -0.05) is 0 Å². The zero-order valence-corrected chi connectivity index (χ0v) is 11.5. The average molecular weight is 280 g/mol. The number of nitrogens with one attached hydrogen (secondary N) is 1. The van der Waals surface area contributed by atoms with Gasteiger partial charge in [-0.05, 0) is 13.8 Å². The van der Waals surface area contributed by atoms with Crippen LogP contribution in [0.25, 0.3) is 0 Å². The number of piperazine rings is 1. The van der Waals surface area contributed by atoms with Crippen molar-refractivity contribution in [2.24, 2.45) is 7.05 Å². The van der Waals surface area contributed by atoms with E-state index in [-0.39, 0.29) is 18.7 Å². The minimum Gasteiger partial charge on any atom is -0.478 e. The summed E-state index contributed by atoms with van der Waals surface area (Å²) in [5, 5.41) is 15.3. The Labute approximate surface area is 115 Å². The number of imide groups is 1. The summed E-state index contributed by atoms with van der Waals surface area (Å²) in [5.41, 5.74) is -0.372. The molecule has 2 N–H and O–H groups in total. The molecular weight excluding hydrogens is 264 g/mol. The van der Waals surface area contributed by atoms with Crippen LogP contribution in [0.2, 0.25) is 0 Å². The molecule has 1 aromatic rings. The Morgan fingerprint density at radius 1 is 1.50 bits per heavy atom. The van der Waals surface area contributed by atoms with Gasteiger partial charge in [0.25, 0.3) is 0 Å². The number of carboxylic acids is 1. The molecule has 1 saturated heterocycles. The molecule has 0 spiro atoms. The number of hydrogen-bond donors (Lipinski definition) is 2. The first-order valence-electron chi connectivity index (χ1n) is 6.07. The monoisotopic (exact) mass is 280 g/mol. The number of carbonyl (C=O) groups excluding carboxylic acids is 2. The highest BCUT2D eigenvalue weighted by atomic mass is 16.4. The largest absolute Gasteiger partial charge is 0.478 e. The summed E-state index contributed by atoms with van der Waals surface area (Å²) in [5.74, 6) is -1.88. The molecule has 0 unspecified atom stereocenters. The van der Waals surface area contributed by atoms with Crippen LogP contribution in [0.15, 0.2) is 6.20 Å². The summed E-state index contributed by atoms with van der Waals surface area (Å²) in [6.45, 7) is 3.56. The Bertz CT molecular complexity index is 590. The Hall–Kier alpha value is -2.22. The number of amides is 2. The van der Waals surface area contributed by atoms with Crippen LogP contribution >= 0.6 is 0 Å². The third-order valence-corrected chi connectivity index (χ3v) is 3.57. The molecule has 2 amide bonds. The fourth-order valence-electron chi connectivity index (χ4n) is 2.10. The zero-order valence-electron chi connectivity index (χ0n) is 11.5. The highest BCUT2D eigenvalue weighted by Crippen LogP contribution is 2.22. The van der Waals surface area contributed by atoms with Crippen LogP contribution in [0.5, 0.6) is 0 Å². The number of carboxylic acid groups (broad SMARTS) is 1. The van der Waals surface area contributed by atoms with E-state index in [1.807, 2.05) is 0 Å². The van der Waals surface area contributed by atoms with Crippen molar-refractivity contribution in [3.63, 3.8) is 0 Å². The second kappa shape index (κ2) is 4.71. The molecule has 0 aliphatic carbocycles. The van der Waals surface area contributed by atoms with Gasteiger partial charge in [0, 0.05) is 13.6 Å². The molecule has 2 rings (SSSR count). The topological polar surface area (TPSA) is 105 Å². The van der Waals surface area contributed by atoms with E-state index < -0.39 is 23.3 Å². The summed E-state index contributed by atoms with van der Waals surface area (Å²) < 4.78 is 1.44. The maximum Gasteiger partial charge on any atom is 0.339 e. The van der Waals surface area contributed by atoms with Gasteiger partial charge in [0.15, 0.2) is 0 Å². The third-order valence-electron chi connectivity index (χ3n) is 3.57. The van der Waals surface area contributed by atoms with E-state index in [9.17, 15) is 14.4 Å². The fraction of sp³-hybridized carbons (Fsp3) is 0.500. The molecular formula is C12H16N4O4. The predicted octanol–water partition coefficient (Wildman–Crippen LogP) is -0.645. The van der Waals surface area contributed by atoms with Crippen molar-refractivity contribution in [1.29, 1.82) is 0 Å². The van der Waals surface area contributed by atoms with Crippen LogP contribution in [-0.4, -0.2) is 49.7 Å². The molecule has 0 saturated carbocycles. The van der Waals surface area contributed by atoms with Crippen molar-refractivity contribution in [2.75, 3.05) is 6.54 Å². The summed E-state index contributed by atoms with van der Waals surface area (Å²) in [6.07, 6.45) is 1.26. The molecule has 1 aliphatic heterocycles. The molecule has 0 atom stereocenters. The van der Waals surface area contributed by atoms with Crippen molar-refractivity contribution in [3.05, 3.63) is 17.5 Å². The fourth-order valence-corrected chi connectivity index (χ4v) is 2.10. The van der Waals surface area contributed by atoms with Gasteiger partial charge in [-0.25, -0.2) is 4.79 Å². The van der Waals surface area contributed by atoms with Crippen LogP contribution in [0.3, 0.4) is 0 Å². The van der Waals surface area contributed by atoms with Crippen molar-refractivity contribution in [2.45, 2.75) is 25.9 Å². The maximum atomic E-state index is 11.9. The van der Waals surface area contributed by atoms with Crippen molar-refractivity contribution < 1.29 is 19.5 Å². The summed E-state index contributed by atoms with van der Waals surface area (Å²) in [6, 6.07) is 0. The molecule has 8 nitrogen and oxygen atoms in total. The van der Waals surface area contributed by atoms with E-state index >= 15 is 0 Å². The summed E-state index contributed by atoms with van der Waals surface area (Å²) in [7, 11) is 1.63. The molecule has 2 heterocycles. The zero-order chi connectivity index (χ0) is 15.1. The lowest BCUT2D eigenvalue weighted by Crippen LogP contribution is -2.63. The lowest BCUT2D eigenvalue weighted by Gasteiger charge is -2.40. The van der Waals surface area contributed by atoms with Gasteiger partial charge >= 0.3 is 5.97 Å². The summed E-state index contributed by atoms with van der Waals surface area (Å²) >= 11 is 0. The first-order valence-corrected chi connectivity index (χ1v) is 6.07. The van der Waals surface area contributed by atoms with Gasteiger partial charge in [0.1, 0.15) is 5.56 Å². The second-order valence-corrected chi connectivity index (χ2v) is 5.23. The Morgan fingerprint density at radius 3 is 2.75 bits per heavy atom. The van der Waals surface area contributed by atoms with E-state index in [0.717, 1.165) is 0 Å². The highest BCUT2D eigenvalue weighted by molar-refractivity contribution is 6.03. The van der Waals surface area contributed by atoms with Gasteiger partial charge in [0.05, 0.1) is 24.0 Å². The third kappa shape index (κ3) is 2.29. The molecule has 20 heavy (non-hydrogen) atoms. The first-order chi connectivity index (χ1) is 9.23. The van der Waals surface area contributed by atoms with Crippen molar-refractivity contribution >= 4 is 17.8 Å². The number of aryl methyl sites for hydroxylation is 1. The molecule has 1 aliphatic rings. The maximum absolute atomic E-state index is 11.9. The van der Waals surface area contributed by atoms with Crippen LogP contribution in [0.4, 0.5) is 0 Å². The van der Waals surface area contributed by atoms with E-state index in [0.29, 0.717) is 5.69 Å². The predicted molar refractivity (Wildman–Crippen MR) is 67.8 cm³/mol. The lowest BCUT2D eigenvalue weighted by atomic mass is 9.98. The molecule has 8 heteroatoms. The van der Waals surface area contributed by atoms with E-state index in [2.05, 4.69) is 10.4 Å². The van der Waals surface area contributed by atoms with Crippen molar-refractivity contribution in [1.82, 2.24) is 20.0 Å². The van der Waals surface area contributed by atoms with Gasteiger partial charge < -0.3 is 5.11 Å². The number of hydrogen-bond acceptors (Lipinski definition) is 5. The van der Waals surface area contributed by atoms with Crippen molar-refractivity contribution in [3.8, 4) is 0 Å². The lowest BCUT2D eigenvalue weighted by molar-refractivity contribution is -0.145. The number of rotatable bonds is 3. The van der Waals surface area contributed by atoms with Crippen LogP contribution in [0.1, 0.15) is 29.9 Å². The molecule has 0 radical (unpaired) electrons. The normalized spacial score (nSPS) is 18.9. The van der Waals surface area contributed by atoms with Crippen LogP contribution in [0, 0.1) is 0 Å². The molecule has 0 bridgehead atoms. The second-order valence-electron chi connectivity index (χ2n) is 5.23. The summed E-state index contributed by atoms with van der Waals surface area (Å²) in [4.78, 5) is 36.1. The van der Waals surface area contributed by atoms with E-state index in [4.69, 9.17) is 5.11 Å². The first kappa shape index (κ1) is 14.2. The highest BCUT2D eigenvalue weighted by Gasteiger charge is 2.41. The molecule has 1 fully saturated rings. The van der Waals surface area contributed by atoms with Gasteiger partial charge in [0.2, 0.25) is 11.8 Å². The Kier molecular flexibility index (Phi) is 3.34. The number of aromatic carboxylic acids is 1. The van der Waals surface area contributed by atoms with Gasteiger partial charge in [-0.15, -0.1) is 0 Å². The van der Waals surface area contributed by atoms with Crippen LogP contribution in [-0.2, 0) is 23.2 Å². The number of nitrogens with zero attached hydrogens (tertiary/aromatic N) is 3. The average Bonchev–Trinajstić information content (AvgIpc) is 2.68. The van der Waals surface area contributed by atoms with E-state index in [1.54, 1.807) is 25.8 Å². The minimum absolute atomic E-state index is 0.0307. The van der Waals surface area contributed by atoms with Gasteiger partial charge in [-0.2, -0.15) is 5.10 Å². The number of carbonyl (C=O) groups is 3. The standard InChI is InChI=1S/C12H16N4O4/c1-12(2)11(20)14-9(17)6-16(12)5-8-7(10(18)19)4-13-15(8)3/h4H,5-6H2,1-3H3,(H,18,19)(H,14,17,20). The van der Waals surface area contributed by atoms with Crippen LogP contribution < -0.4 is 5.32 Å². The Balaban J connectivity index is 2.33.